The summed E-state index contributed by atoms with van der Waals surface area (Å²) >= 11 is 9.45. The van der Waals surface area contributed by atoms with Gasteiger partial charge >= 0.3 is 0 Å². The molecule has 2 aromatic carbocycles. The van der Waals surface area contributed by atoms with E-state index in [0.29, 0.717) is 9.90 Å². The van der Waals surface area contributed by atoms with Gasteiger partial charge in [-0.25, -0.2) is 0 Å². The van der Waals surface area contributed by atoms with Crippen LogP contribution in [0.4, 0.5) is 5.69 Å². The molecule has 4 heterocycles. The summed E-state index contributed by atoms with van der Waals surface area (Å²) in [5.41, 5.74) is 1.78. The maximum Gasteiger partial charge on any atom is 0.250 e. The van der Waals surface area contributed by atoms with Gasteiger partial charge in [-0.15, -0.1) is 23.1 Å². The van der Waals surface area contributed by atoms with E-state index in [0.717, 1.165) is 28.4 Å². The van der Waals surface area contributed by atoms with E-state index >= 15 is 0 Å². The zero-order valence-corrected chi connectivity index (χ0v) is 18.8. The van der Waals surface area contributed by atoms with Crippen molar-refractivity contribution in [3.8, 4) is 0 Å². The highest BCUT2D eigenvalue weighted by Crippen LogP contribution is 2.61. The molecule has 0 aliphatic carbocycles. The van der Waals surface area contributed by atoms with E-state index in [1.54, 1.807) is 0 Å². The summed E-state index contributed by atoms with van der Waals surface area (Å²) in [6.07, 6.45) is 0. The number of nitrogens with zero attached hydrogens (tertiary/aromatic N) is 1. The number of carbonyl (C=O) groups excluding carboxylic acids is 2. The Kier molecular flexibility index (Phi) is 4.54. The molecule has 0 radical (unpaired) electrons. The van der Waals surface area contributed by atoms with Crippen LogP contribution in [-0.4, -0.2) is 34.3 Å². The Morgan fingerprint density at radius 2 is 1.90 bits per heavy atom. The predicted octanol–water partition coefficient (Wildman–Crippen LogP) is 5.22. The molecule has 0 unspecified atom stereocenters. The summed E-state index contributed by atoms with van der Waals surface area (Å²) in [6, 6.07) is 19.5. The number of hydrogen-bond donors (Lipinski definition) is 1. The minimum absolute atomic E-state index is 0.0428. The van der Waals surface area contributed by atoms with Crippen LogP contribution in [0.5, 0.6) is 0 Å². The van der Waals surface area contributed by atoms with Crippen LogP contribution in [0.3, 0.4) is 0 Å². The number of halogens is 1. The monoisotopic (exact) mass is 466 g/mol. The molecule has 1 aromatic heterocycles. The maximum absolute atomic E-state index is 14.1. The molecule has 6 rings (SSSR count). The smallest absolute Gasteiger partial charge is 0.250 e. The van der Waals surface area contributed by atoms with E-state index in [-0.39, 0.29) is 23.7 Å². The number of para-hydroxylation sites is 1. The van der Waals surface area contributed by atoms with Gasteiger partial charge in [-0.2, -0.15) is 0 Å². The minimum Gasteiger partial charge on any atom is -0.324 e. The summed E-state index contributed by atoms with van der Waals surface area (Å²) in [4.78, 5) is 30.8. The summed E-state index contributed by atoms with van der Waals surface area (Å²) in [6.45, 7) is 0. The lowest BCUT2D eigenvalue weighted by Gasteiger charge is -2.36. The molecule has 156 valence electrons. The molecule has 2 fully saturated rings. The molecular weight excluding hydrogens is 448 g/mol. The molecule has 0 bridgehead atoms. The van der Waals surface area contributed by atoms with Gasteiger partial charge in [0.15, 0.2) is 5.78 Å². The van der Waals surface area contributed by atoms with Crippen LogP contribution in [0, 0.1) is 5.92 Å². The highest BCUT2D eigenvalue weighted by atomic mass is 35.5. The number of hydrogen-bond acceptors (Lipinski definition) is 5. The molecule has 1 amide bonds. The number of amides is 1. The van der Waals surface area contributed by atoms with Crippen LogP contribution in [0.2, 0.25) is 5.02 Å². The van der Waals surface area contributed by atoms with Gasteiger partial charge in [-0.05, 0) is 35.2 Å². The minimum atomic E-state index is -1.00. The molecule has 7 heteroatoms. The topological polar surface area (TPSA) is 49.4 Å². The van der Waals surface area contributed by atoms with E-state index in [2.05, 4.69) is 10.2 Å². The third kappa shape index (κ3) is 2.65. The van der Waals surface area contributed by atoms with E-state index in [4.69, 9.17) is 11.6 Å². The first-order chi connectivity index (χ1) is 15.1. The van der Waals surface area contributed by atoms with E-state index in [9.17, 15) is 9.59 Å². The second kappa shape index (κ2) is 7.20. The third-order valence-corrected chi connectivity index (χ3v) is 9.00. The average Bonchev–Trinajstić information content (AvgIpc) is 3.54. The van der Waals surface area contributed by atoms with Gasteiger partial charge in [0.2, 0.25) is 5.91 Å². The van der Waals surface area contributed by atoms with Crippen LogP contribution in [0.25, 0.3) is 0 Å². The Hall–Kier alpha value is -2.12. The summed E-state index contributed by atoms with van der Waals surface area (Å²) in [7, 11) is 0. The first-order valence-corrected chi connectivity index (χ1v) is 12.6. The number of thioether (sulfide) groups is 1. The lowest BCUT2D eigenvalue weighted by molar-refractivity contribution is -0.127. The average molecular weight is 467 g/mol. The summed E-state index contributed by atoms with van der Waals surface area (Å²) in [5.74, 6) is 0.957. The number of carbonyl (C=O) groups is 2. The number of ketones is 1. The number of anilines is 1. The molecule has 31 heavy (non-hydrogen) atoms. The normalized spacial score (nSPS) is 29.2. The van der Waals surface area contributed by atoms with Crippen molar-refractivity contribution < 1.29 is 9.59 Å². The first kappa shape index (κ1) is 19.6. The zero-order chi connectivity index (χ0) is 21.2. The summed E-state index contributed by atoms with van der Waals surface area (Å²) in [5, 5.41) is 5.68. The summed E-state index contributed by atoms with van der Waals surface area (Å²) < 4.78 is 0. The van der Waals surface area contributed by atoms with Crippen molar-refractivity contribution in [3.63, 3.8) is 0 Å². The Labute approximate surface area is 193 Å². The highest BCUT2D eigenvalue weighted by molar-refractivity contribution is 7.99. The van der Waals surface area contributed by atoms with Gasteiger partial charge in [-0.1, -0.05) is 48.0 Å². The van der Waals surface area contributed by atoms with Crippen LogP contribution in [-0.2, 0) is 10.3 Å². The van der Waals surface area contributed by atoms with E-state index in [1.807, 2.05) is 77.8 Å². The maximum atomic E-state index is 14.1. The Morgan fingerprint density at radius 1 is 1.10 bits per heavy atom. The van der Waals surface area contributed by atoms with Crippen LogP contribution >= 0.6 is 34.7 Å². The number of Topliss-reactive ketones (excluding diaryl/α,β-unsaturated/α-hetero) is 1. The van der Waals surface area contributed by atoms with Gasteiger partial charge in [0.25, 0.3) is 0 Å². The molecule has 2 saturated heterocycles. The van der Waals surface area contributed by atoms with E-state index < -0.39 is 11.5 Å². The quantitative estimate of drug-likeness (QED) is 0.537. The highest BCUT2D eigenvalue weighted by Gasteiger charge is 2.69. The zero-order valence-electron chi connectivity index (χ0n) is 16.5. The predicted molar refractivity (Wildman–Crippen MR) is 126 cm³/mol. The van der Waals surface area contributed by atoms with Crippen LogP contribution in [0.1, 0.15) is 26.7 Å². The van der Waals surface area contributed by atoms with Crippen molar-refractivity contribution in [1.29, 1.82) is 0 Å². The molecule has 4 atom stereocenters. The Balaban J connectivity index is 1.62. The number of nitrogens with one attached hydrogen (secondary N) is 1. The Bertz CT molecular complexity index is 1180. The van der Waals surface area contributed by atoms with Crippen LogP contribution < -0.4 is 5.32 Å². The molecule has 0 saturated carbocycles. The third-order valence-electron chi connectivity index (χ3n) is 6.83. The molecule has 3 aliphatic rings. The van der Waals surface area contributed by atoms with Crippen LogP contribution in [0.15, 0.2) is 66.0 Å². The molecule has 1 spiro atoms. The number of benzene rings is 2. The van der Waals surface area contributed by atoms with Crippen molar-refractivity contribution in [2.45, 2.75) is 17.5 Å². The van der Waals surface area contributed by atoms with Crippen molar-refractivity contribution >= 4 is 52.1 Å². The molecule has 3 aliphatic heterocycles. The largest absolute Gasteiger partial charge is 0.324 e. The van der Waals surface area contributed by atoms with Gasteiger partial charge < -0.3 is 5.32 Å². The van der Waals surface area contributed by atoms with Crippen molar-refractivity contribution in [3.05, 3.63) is 87.1 Å². The van der Waals surface area contributed by atoms with Crippen molar-refractivity contribution in [2.24, 2.45) is 5.92 Å². The Morgan fingerprint density at radius 3 is 2.68 bits per heavy atom. The fraction of sp³-hybridized carbons (Fsp3) is 0.250. The first-order valence-electron chi connectivity index (χ1n) is 10.2. The lowest BCUT2D eigenvalue weighted by atomic mass is 9.70. The van der Waals surface area contributed by atoms with Gasteiger partial charge in [0.1, 0.15) is 5.54 Å². The van der Waals surface area contributed by atoms with E-state index in [1.165, 1.54) is 11.3 Å². The lowest BCUT2D eigenvalue weighted by Crippen LogP contribution is -2.52. The van der Waals surface area contributed by atoms with Gasteiger partial charge in [0.05, 0.1) is 10.8 Å². The second-order valence-electron chi connectivity index (χ2n) is 8.20. The van der Waals surface area contributed by atoms with Gasteiger partial charge in [0, 0.05) is 39.9 Å². The fourth-order valence-electron chi connectivity index (χ4n) is 5.66. The second-order valence-corrected chi connectivity index (χ2v) is 10.6. The fourth-order valence-corrected chi connectivity index (χ4v) is 7.82. The SMILES string of the molecule is O=C(c1cccs1)[C@@H]1[C@@H](c2ccc(Cl)cc2)[C@H]2CSCN2[C@@]12C(=O)Nc1ccccc12. The number of rotatable bonds is 3. The standard InChI is InChI=1S/C24H19ClN2O2S2/c25-15-9-7-14(8-10-15)20-18-12-30-13-27(18)24(21(20)22(28)19-6-3-11-31-19)16-4-1-2-5-17(16)26-23(24)29/h1-11,18,20-21H,12-13H2,(H,26,29)/t18-,20+,21+,24-/m1/s1. The van der Waals surface area contributed by atoms with Gasteiger partial charge in [-0.3, -0.25) is 14.5 Å². The van der Waals surface area contributed by atoms with Crippen molar-refractivity contribution in [2.75, 3.05) is 16.9 Å². The molecule has 4 nitrogen and oxygen atoms in total. The molecule has 3 aromatic rings. The molecular formula is C24H19ClN2O2S2. The molecule has 1 N–H and O–H groups in total. The number of fused-ring (bicyclic) bond motifs is 4. The number of thiophene rings is 1. The van der Waals surface area contributed by atoms with Crippen molar-refractivity contribution in [1.82, 2.24) is 4.90 Å².